The molecule has 6 heteroatoms. The standard InChI is InChI=1S/C12H13ClN4O/c1-7(2)10-3-8(4-11(13)17-10)12(18)16-9-5-14-15-6-9/h3-7H,1-2H3,(H,14,15)(H,16,18). The third-order valence-electron chi connectivity index (χ3n) is 2.42. The fourth-order valence-corrected chi connectivity index (χ4v) is 1.68. The number of hydrogen-bond donors (Lipinski definition) is 2. The van der Waals surface area contributed by atoms with Gasteiger partial charge < -0.3 is 5.32 Å². The van der Waals surface area contributed by atoms with Crippen molar-refractivity contribution in [2.24, 2.45) is 0 Å². The summed E-state index contributed by atoms with van der Waals surface area (Å²) in [6.45, 7) is 3.99. The minimum Gasteiger partial charge on any atom is -0.319 e. The SMILES string of the molecule is CC(C)c1cc(C(=O)Nc2cn[nH]c2)cc(Cl)n1. The van der Waals surface area contributed by atoms with Gasteiger partial charge in [-0.05, 0) is 18.1 Å². The van der Waals surface area contributed by atoms with Gasteiger partial charge in [0.2, 0.25) is 0 Å². The summed E-state index contributed by atoms with van der Waals surface area (Å²) in [5, 5.41) is 9.41. The number of pyridine rings is 1. The van der Waals surface area contributed by atoms with Crippen LogP contribution >= 0.6 is 11.6 Å². The molecule has 0 saturated carbocycles. The number of H-pyrrole nitrogens is 1. The predicted molar refractivity (Wildman–Crippen MR) is 69.9 cm³/mol. The zero-order chi connectivity index (χ0) is 13.1. The molecule has 2 heterocycles. The first-order valence-electron chi connectivity index (χ1n) is 5.54. The summed E-state index contributed by atoms with van der Waals surface area (Å²) in [5.74, 6) is -0.0215. The van der Waals surface area contributed by atoms with Crippen LogP contribution in [-0.2, 0) is 0 Å². The van der Waals surface area contributed by atoms with Crippen LogP contribution in [0.1, 0.15) is 35.8 Å². The van der Waals surface area contributed by atoms with E-state index in [4.69, 9.17) is 11.6 Å². The molecule has 5 nitrogen and oxygen atoms in total. The monoisotopic (exact) mass is 264 g/mol. The van der Waals surface area contributed by atoms with Gasteiger partial charge in [0.15, 0.2) is 0 Å². The van der Waals surface area contributed by atoms with Gasteiger partial charge in [-0.3, -0.25) is 9.89 Å². The lowest BCUT2D eigenvalue weighted by molar-refractivity contribution is 0.102. The third-order valence-corrected chi connectivity index (χ3v) is 2.62. The fourth-order valence-electron chi connectivity index (χ4n) is 1.47. The molecule has 94 valence electrons. The van der Waals surface area contributed by atoms with E-state index in [-0.39, 0.29) is 11.8 Å². The maximum Gasteiger partial charge on any atom is 0.255 e. The van der Waals surface area contributed by atoms with Crippen molar-refractivity contribution in [3.8, 4) is 0 Å². The summed E-state index contributed by atoms with van der Waals surface area (Å²) in [6, 6.07) is 3.29. The Balaban J connectivity index is 2.24. The predicted octanol–water partition coefficient (Wildman–Crippen LogP) is 2.83. The van der Waals surface area contributed by atoms with E-state index in [2.05, 4.69) is 20.5 Å². The van der Waals surface area contributed by atoms with Crippen LogP contribution < -0.4 is 5.32 Å². The molecule has 2 aromatic heterocycles. The summed E-state index contributed by atoms with van der Waals surface area (Å²) >= 11 is 5.91. The largest absolute Gasteiger partial charge is 0.319 e. The Kier molecular flexibility index (Phi) is 3.62. The number of aromatic nitrogens is 3. The first kappa shape index (κ1) is 12.6. The van der Waals surface area contributed by atoms with Crippen LogP contribution in [0, 0.1) is 0 Å². The Bertz CT molecular complexity index is 551. The van der Waals surface area contributed by atoms with Crippen molar-refractivity contribution in [1.82, 2.24) is 15.2 Å². The van der Waals surface area contributed by atoms with E-state index in [1.54, 1.807) is 18.3 Å². The number of anilines is 1. The molecule has 2 aromatic rings. The highest BCUT2D eigenvalue weighted by molar-refractivity contribution is 6.29. The van der Waals surface area contributed by atoms with Crippen LogP contribution in [0.5, 0.6) is 0 Å². The van der Waals surface area contributed by atoms with E-state index >= 15 is 0 Å². The molecule has 0 aliphatic carbocycles. The average molecular weight is 265 g/mol. The highest BCUT2D eigenvalue weighted by atomic mass is 35.5. The summed E-state index contributed by atoms with van der Waals surface area (Å²) in [6.07, 6.45) is 3.13. The summed E-state index contributed by atoms with van der Waals surface area (Å²) in [4.78, 5) is 16.2. The molecule has 0 aliphatic rings. The quantitative estimate of drug-likeness (QED) is 0.838. The molecular formula is C12H13ClN4O. The molecule has 0 aliphatic heterocycles. The smallest absolute Gasteiger partial charge is 0.255 e. The lowest BCUT2D eigenvalue weighted by atomic mass is 10.1. The van der Waals surface area contributed by atoms with Gasteiger partial charge in [0.05, 0.1) is 11.9 Å². The van der Waals surface area contributed by atoms with Crippen LogP contribution in [0.2, 0.25) is 5.15 Å². The van der Waals surface area contributed by atoms with Crippen LogP contribution in [0.4, 0.5) is 5.69 Å². The molecule has 0 radical (unpaired) electrons. The molecule has 0 fully saturated rings. The van der Waals surface area contributed by atoms with E-state index in [1.807, 2.05) is 13.8 Å². The molecule has 0 unspecified atom stereocenters. The van der Waals surface area contributed by atoms with Gasteiger partial charge >= 0.3 is 0 Å². The third kappa shape index (κ3) is 2.87. The Hall–Kier alpha value is -1.88. The molecule has 0 atom stereocenters. The first-order chi connectivity index (χ1) is 8.56. The molecule has 2 rings (SSSR count). The molecule has 1 amide bonds. The van der Waals surface area contributed by atoms with Gasteiger partial charge in [-0.15, -0.1) is 0 Å². The maximum absolute atomic E-state index is 12.0. The summed E-state index contributed by atoms with van der Waals surface area (Å²) in [5.41, 5.74) is 1.89. The topological polar surface area (TPSA) is 70.7 Å². The molecule has 0 spiro atoms. The highest BCUT2D eigenvalue weighted by Gasteiger charge is 2.11. The number of carbonyl (C=O) groups is 1. The van der Waals surface area contributed by atoms with Crippen LogP contribution in [0.25, 0.3) is 0 Å². The highest BCUT2D eigenvalue weighted by Crippen LogP contribution is 2.18. The Morgan fingerprint density at radius 1 is 1.44 bits per heavy atom. The van der Waals surface area contributed by atoms with E-state index in [9.17, 15) is 4.79 Å². The van der Waals surface area contributed by atoms with Crippen LogP contribution in [0.3, 0.4) is 0 Å². The number of rotatable bonds is 3. The van der Waals surface area contributed by atoms with E-state index < -0.39 is 0 Å². The number of hydrogen-bond acceptors (Lipinski definition) is 3. The molecule has 0 saturated heterocycles. The van der Waals surface area contributed by atoms with Crippen molar-refractivity contribution >= 4 is 23.2 Å². The minimum absolute atomic E-state index is 0.212. The Morgan fingerprint density at radius 2 is 2.22 bits per heavy atom. The van der Waals surface area contributed by atoms with Crippen molar-refractivity contribution in [1.29, 1.82) is 0 Å². The Labute approximate surface area is 110 Å². The summed E-state index contributed by atoms with van der Waals surface area (Å²) in [7, 11) is 0. The van der Waals surface area contributed by atoms with Gasteiger partial charge in [-0.2, -0.15) is 5.10 Å². The second-order valence-electron chi connectivity index (χ2n) is 4.20. The second kappa shape index (κ2) is 5.18. The van der Waals surface area contributed by atoms with Crippen molar-refractivity contribution in [2.45, 2.75) is 19.8 Å². The zero-order valence-corrected chi connectivity index (χ0v) is 10.8. The lowest BCUT2D eigenvalue weighted by Gasteiger charge is -2.08. The molecular weight excluding hydrogens is 252 g/mol. The summed E-state index contributed by atoms with van der Waals surface area (Å²) < 4.78 is 0. The van der Waals surface area contributed by atoms with Crippen LogP contribution in [-0.4, -0.2) is 21.1 Å². The molecule has 18 heavy (non-hydrogen) atoms. The first-order valence-corrected chi connectivity index (χ1v) is 5.91. The van der Waals surface area contributed by atoms with Crippen molar-refractivity contribution in [3.05, 3.63) is 40.9 Å². The van der Waals surface area contributed by atoms with Crippen molar-refractivity contribution in [2.75, 3.05) is 5.32 Å². The van der Waals surface area contributed by atoms with Gasteiger partial charge in [-0.25, -0.2) is 4.98 Å². The van der Waals surface area contributed by atoms with Gasteiger partial charge in [-0.1, -0.05) is 25.4 Å². The maximum atomic E-state index is 12.0. The van der Waals surface area contributed by atoms with Crippen LogP contribution in [0.15, 0.2) is 24.5 Å². The fraction of sp³-hybridized carbons (Fsp3) is 0.250. The van der Waals surface area contributed by atoms with Crippen molar-refractivity contribution in [3.63, 3.8) is 0 Å². The normalized spacial score (nSPS) is 10.7. The number of nitrogens with one attached hydrogen (secondary N) is 2. The number of nitrogens with zero attached hydrogens (tertiary/aromatic N) is 2. The van der Waals surface area contributed by atoms with E-state index in [0.717, 1.165) is 5.69 Å². The second-order valence-corrected chi connectivity index (χ2v) is 4.59. The number of carbonyl (C=O) groups excluding carboxylic acids is 1. The number of aromatic amines is 1. The molecule has 0 aromatic carbocycles. The van der Waals surface area contributed by atoms with Crippen molar-refractivity contribution < 1.29 is 4.79 Å². The number of amides is 1. The molecule has 2 N–H and O–H groups in total. The Morgan fingerprint density at radius 3 is 2.83 bits per heavy atom. The van der Waals surface area contributed by atoms with Gasteiger partial charge in [0.25, 0.3) is 5.91 Å². The lowest BCUT2D eigenvalue weighted by Crippen LogP contribution is -2.12. The van der Waals surface area contributed by atoms with E-state index in [0.29, 0.717) is 16.4 Å². The average Bonchev–Trinajstić information content (AvgIpc) is 2.80. The van der Waals surface area contributed by atoms with E-state index in [1.165, 1.54) is 6.20 Å². The number of halogens is 1. The van der Waals surface area contributed by atoms with Gasteiger partial charge in [0, 0.05) is 17.5 Å². The zero-order valence-electron chi connectivity index (χ0n) is 10.1. The van der Waals surface area contributed by atoms with Gasteiger partial charge in [0.1, 0.15) is 5.15 Å². The minimum atomic E-state index is -0.234. The molecule has 0 bridgehead atoms.